The topological polar surface area (TPSA) is 32.3 Å². The van der Waals surface area contributed by atoms with Gasteiger partial charge in [0.05, 0.1) is 5.60 Å². The van der Waals surface area contributed by atoms with Crippen LogP contribution in [0, 0.1) is 5.92 Å². The molecule has 2 atom stereocenters. The summed E-state index contributed by atoms with van der Waals surface area (Å²) in [6, 6.07) is 13.7. The number of hydrogen-bond donors (Lipinski definition) is 2. The van der Waals surface area contributed by atoms with Crippen LogP contribution >= 0.6 is 35.0 Å². The van der Waals surface area contributed by atoms with Gasteiger partial charge in [-0.25, -0.2) is 0 Å². The lowest BCUT2D eigenvalue weighted by molar-refractivity contribution is 0.00252. The summed E-state index contributed by atoms with van der Waals surface area (Å²) in [7, 11) is 1.90. The minimum Gasteiger partial charge on any atom is -0.385 e. The van der Waals surface area contributed by atoms with E-state index in [9.17, 15) is 5.11 Å². The maximum absolute atomic E-state index is 10.8. The van der Waals surface area contributed by atoms with Crippen molar-refractivity contribution in [3.05, 3.63) is 63.6 Å². The largest absolute Gasteiger partial charge is 0.385 e. The first kappa shape index (κ1) is 19.6. The average molecular weight is 384 g/mol. The number of benzene rings is 2. The highest BCUT2D eigenvalue weighted by molar-refractivity contribution is 7.98. The van der Waals surface area contributed by atoms with Gasteiger partial charge in [-0.3, -0.25) is 0 Å². The third-order valence-corrected chi connectivity index (χ3v) is 5.97. The molecule has 0 aliphatic carbocycles. The molecule has 2 aromatic carbocycles. The lowest BCUT2D eigenvalue weighted by Crippen LogP contribution is -2.35. The van der Waals surface area contributed by atoms with Crippen LogP contribution in [0.15, 0.2) is 47.4 Å². The quantitative estimate of drug-likeness (QED) is 0.632. The lowest BCUT2D eigenvalue weighted by atomic mass is 9.84. The van der Waals surface area contributed by atoms with Crippen molar-refractivity contribution >= 4 is 35.0 Å². The molecule has 0 saturated carbocycles. The molecule has 0 aliphatic rings. The predicted octanol–water partition coefficient (Wildman–Crippen LogP) is 5.35. The Hall–Kier alpha value is -0.710. The Morgan fingerprint density at radius 1 is 1.17 bits per heavy atom. The second-order valence-corrected chi connectivity index (χ2v) is 8.05. The summed E-state index contributed by atoms with van der Waals surface area (Å²) >= 11 is 13.8. The first-order valence-electron chi connectivity index (χ1n) is 7.89. The van der Waals surface area contributed by atoms with Crippen LogP contribution in [0.3, 0.4) is 0 Å². The summed E-state index contributed by atoms with van der Waals surface area (Å²) in [6.45, 7) is 4.67. The monoisotopic (exact) mass is 383 g/mol. The molecule has 2 aromatic rings. The number of aliphatic hydroxyl groups is 1. The Bertz CT molecular complexity index is 674. The molecule has 0 bridgehead atoms. The average Bonchev–Trinajstić information content (AvgIpc) is 2.54. The zero-order chi connectivity index (χ0) is 17.7. The van der Waals surface area contributed by atoms with Gasteiger partial charge >= 0.3 is 0 Å². The smallest absolute Gasteiger partial charge is 0.0906 e. The van der Waals surface area contributed by atoms with Gasteiger partial charge in [-0.05, 0) is 49.4 Å². The van der Waals surface area contributed by atoms with Gasteiger partial charge in [0, 0.05) is 33.2 Å². The van der Waals surface area contributed by atoms with Gasteiger partial charge in [0.15, 0.2) is 0 Å². The van der Waals surface area contributed by atoms with Crippen LogP contribution < -0.4 is 5.32 Å². The van der Waals surface area contributed by atoms with E-state index in [4.69, 9.17) is 23.2 Å². The van der Waals surface area contributed by atoms with Crippen LogP contribution in [0.5, 0.6) is 0 Å². The number of rotatable bonds is 7. The van der Waals surface area contributed by atoms with E-state index >= 15 is 0 Å². The summed E-state index contributed by atoms with van der Waals surface area (Å²) in [5.41, 5.74) is 1.13. The Morgan fingerprint density at radius 3 is 2.42 bits per heavy atom. The van der Waals surface area contributed by atoms with Gasteiger partial charge in [-0.15, -0.1) is 11.8 Å². The van der Waals surface area contributed by atoms with E-state index in [0.29, 0.717) is 10.0 Å². The Balaban J connectivity index is 2.04. The zero-order valence-electron chi connectivity index (χ0n) is 14.1. The van der Waals surface area contributed by atoms with Crippen molar-refractivity contribution in [2.24, 2.45) is 5.92 Å². The summed E-state index contributed by atoms with van der Waals surface area (Å²) in [4.78, 5) is 1.14. The number of nitrogens with one attached hydrogen (secondary N) is 1. The van der Waals surface area contributed by atoms with E-state index in [1.165, 1.54) is 0 Å². The molecule has 0 fully saturated rings. The van der Waals surface area contributed by atoms with E-state index < -0.39 is 5.60 Å². The number of hydrogen-bond acceptors (Lipinski definition) is 3. The fourth-order valence-electron chi connectivity index (χ4n) is 2.48. The SMILES string of the molecule is CNCC(C)C(C)(O)c1ccc(SCc2ccc(Cl)cc2Cl)cc1. The standard InChI is InChI=1S/C19H23Cl2NOS/c1-13(11-22-3)19(2,23)15-5-8-17(9-6-15)24-12-14-4-7-16(20)10-18(14)21/h4-10,13,22-23H,11-12H2,1-3H3. The van der Waals surface area contributed by atoms with E-state index in [1.54, 1.807) is 17.8 Å². The van der Waals surface area contributed by atoms with Crippen molar-refractivity contribution in [3.8, 4) is 0 Å². The molecule has 130 valence electrons. The van der Waals surface area contributed by atoms with Crippen molar-refractivity contribution in [1.82, 2.24) is 5.32 Å². The van der Waals surface area contributed by atoms with Gasteiger partial charge in [-0.2, -0.15) is 0 Å². The van der Waals surface area contributed by atoms with E-state index in [1.807, 2.05) is 57.3 Å². The Kier molecular flexibility index (Phi) is 7.02. The molecule has 0 aromatic heterocycles. The van der Waals surface area contributed by atoms with Crippen LogP contribution in [0.2, 0.25) is 10.0 Å². The fraction of sp³-hybridized carbons (Fsp3) is 0.368. The summed E-state index contributed by atoms with van der Waals surface area (Å²) in [6.07, 6.45) is 0. The normalized spacial score (nSPS) is 15.1. The molecular formula is C19H23Cl2NOS. The molecule has 5 heteroatoms. The van der Waals surface area contributed by atoms with Crippen molar-refractivity contribution in [1.29, 1.82) is 0 Å². The van der Waals surface area contributed by atoms with Crippen LogP contribution in [-0.4, -0.2) is 18.7 Å². The summed E-state index contributed by atoms with van der Waals surface area (Å²) in [5.74, 6) is 0.899. The molecule has 2 nitrogen and oxygen atoms in total. The van der Waals surface area contributed by atoms with Crippen LogP contribution in [0.25, 0.3) is 0 Å². The molecule has 0 saturated heterocycles. The highest BCUT2D eigenvalue weighted by Crippen LogP contribution is 2.32. The maximum Gasteiger partial charge on any atom is 0.0906 e. The minimum atomic E-state index is -0.855. The molecule has 0 radical (unpaired) electrons. The van der Waals surface area contributed by atoms with E-state index in [-0.39, 0.29) is 5.92 Å². The zero-order valence-corrected chi connectivity index (χ0v) is 16.5. The van der Waals surface area contributed by atoms with Crippen molar-refractivity contribution < 1.29 is 5.11 Å². The Morgan fingerprint density at radius 2 is 1.83 bits per heavy atom. The molecule has 24 heavy (non-hydrogen) atoms. The lowest BCUT2D eigenvalue weighted by Gasteiger charge is -2.31. The molecule has 2 unspecified atom stereocenters. The van der Waals surface area contributed by atoms with E-state index in [2.05, 4.69) is 5.32 Å². The number of thioether (sulfide) groups is 1. The molecule has 0 aliphatic heterocycles. The Labute approximate surface area is 158 Å². The second-order valence-electron chi connectivity index (χ2n) is 6.16. The van der Waals surface area contributed by atoms with Gasteiger partial charge in [-0.1, -0.05) is 48.3 Å². The number of halogens is 2. The van der Waals surface area contributed by atoms with Crippen LogP contribution in [0.1, 0.15) is 25.0 Å². The third-order valence-electron chi connectivity index (χ3n) is 4.32. The van der Waals surface area contributed by atoms with Gasteiger partial charge in [0.2, 0.25) is 0 Å². The van der Waals surface area contributed by atoms with Crippen LogP contribution in [0.4, 0.5) is 0 Å². The second kappa shape index (κ2) is 8.59. The van der Waals surface area contributed by atoms with Crippen molar-refractivity contribution in [3.63, 3.8) is 0 Å². The highest BCUT2D eigenvalue weighted by Gasteiger charge is 2.29. The third kappa shape index (κ3) is 4.90. The fourth-order valence-corrected chi connectivity index (χ4v) is 3.93. The summed E-state index contributed by atoms with van der Waals surface area (Å²) < 4.78 is 0. The highest BCUT2D eigenvalue weighted by atomic mass is 35.5. The van der Waals surface area contributed by atoms with Crippen molar-refractivity contribution in [2.45, 2.75) is 30.1 Å². The molecular weight excluding hydrogens is 361 g/mol. The predicted molar refractivity (Wildman–Crippen MR) is 105 cm³/mol. The first-order valence-corrected chi connectivity index (χ1v) is 9.63. The molecule has 0 spiro atoms. The first-order chi connectivity index (χ1) is 11.3. The molecule has 2 rings (SSSR count). The van der Waals surface area contributed by atoms with Crippen LogP contribution in [-0.2, 0) is 11.4 Å². The maximum atomic E-state index is 10.8. The molecule has 2 N–H and O–H groups in total. The van der Waals surface area contributed by atoms with Gasteiger partial charge in [0.1, 0.15) is 0 Å². The summed E-state index contributed by atoms with van der Waals surface area (Å²) in [5, 5.41) is 15.2. The molecule has 0 heterocycles. The van der Waals surface area contributed by atoms with E-state index in [0.717, 1.165) is 28.3 Å². The van der Waals surface area contributed by atoms with Crippen molar-refractivity contribution in [2.75, 3.05) is 13.6 Å². The van der Waals surface area contributed by atoms with Gasteiger partial charge in [0.25, 0.3) is 0 Å². The molecule has 0 amide bonds. The minimum absolute atomic E-state index is 0.119. The van der Waals surface area contributed by atoms with Gasteiger partial charge < -0.3 is 10.4 Å².